The van der Waals surface area contributed by atoms with Crippen LogP contribution in [0.2, 0.25) is 15.1 Å². The van der Waals surface area contributed by atoms with E-state index in [4.69, 9.17) is 34.8 Å². The molecule has 0 bridgehead atoms. The van der Waals surface area contributed by atoms with E-state index in [1.165, 1.54) is 11.3 Å². The molecule has 7 heteroatoms. The predicted octanol–water partition coefficient (Wildman–Crippen LogP) is 6.26. The fourth-order valence-corrected chi connectivity index (χ4v) is 4.15. The Balaban J connectivity index is 1.74. The van der Waals surface area contributed by atoms with Crippen molar-refractivity contribution in [2.24, 2.45) is 0 Å². The van der Waals surface area contributed by atoms with Crippen molar-refractivity contribution in [1.82, 2.24) is 4.98 Å². The summed E-state index contributed by atoms with van der Waals surface area (Å²) in [5.41, 5.74) is 2.95. The molecular weight excluding hydrogens is 399 g/mol. The maximum absolute atomic E-state index is 12.2. The Bertz CT molecular complexity index is 920. The number of benzene rings is 2. The van der Waals surface area contributed by atoms with Crippen molar-refractivity contribution in [3.8, 4) is 10.6 Å². The molecule has 0 atom stereocenters. The molecule has 1 amide bonds. The SMILES string of the molecule is Cc1ccc(NC(=O)Cc2csc(-c3c(Cl)cccc3Cl)n2)c(Cl)c1. The van der Waals surface area contributed by atoms with Gasteiger partial charge in [0.25, 0.3) is 0 Å². The third kappa shape index (κ3) is 4.33. The van der Waals surface area contributed by atoms with E-state index >= 15 is 0 Å². The molecule has 25 heavy (non-hydrogen) atoms. The Morgan fingerprint density at radius 1 is 1.12 bits per heavy atom. The van der Waals surface area contributed by atoms with Crippen LogP contribution in [0, 0.1) is 6.92 Å². The van der Waals surface area contributed by atoms with Gasteiger partial charge in [-0.2, -0.15) is 0 Å². The third-order valence-corrected chi connectivity index (χ3v) is 5.32. The minimum atomic E-state index is -0.187. The maximum atomic E-state index is 12.2. The van der Waals surface area contributed by atoms with E-state index < -0.39 is 0 Å². The summed E-state index contributed by atoms with van der Waals surface area (Å²) in [6.45, 7) is 1.94. The first kappa shape index (κ1) is 18.2. The number of aromatic nitrogens is 1. The number of nitrogens with zero attached hydrogens (tertiary/aromatic N) is 1. The molecule has 0 radical (unpaired) electrons. The number of carbonyl (C=O) groups excluding carboxylic acids is 1. The topological polar surface area (TPSA) is 42.0 Å². The zero-order valence-electron chi connectivity index (χ0n) is 13.1. The van der Waals surface area contributed by atoms with E-state index in [9.17, 15) is 4.79 Å². The molecule has 1 heterocycles. The predicted molar refractivity (Wildman–Crippen MR) is 106 cm³/mol. The van der Waals surface area contributed by atoms with Crippen LogP contribution in [0.5, 0.6) is 0 Å². The number of rotatable bonds is 4. The van der Waals surface area contributed by atoms with E-state index in [0.29, 0.717) is 37.0 Å². The summed E-state index contributed by atoms with van der Waals surface area (Å²) in [5, 5.41) is 6.88. The highest BCUT2D eigenvalue weighted by molar-refractivity contribution is 7.13. The third-order valence-electron chi connectivity index (χ3n) is 3.47. The Hall–Kier alpha value is -1.59. The number of thiazole rings is 1. The van der Waals surface area contributed by atoms with Gasteiger partial charge in [-0.25, -0.2) is 4.98 Å². The van der Waals surface area contributed by atoms with Crippen molar-refractivity contribution in [2.75, 3.05) is 5.32 Å². The zero-order chi connectivity index (χ0) is 18.0. The number of anilines is 1. The van der Waals surface area contributed by atoms with Crippen LogP contribution in [0.15, 0.2) is 41.8 Å². The van der Waals surface area contributed by atoms with Crippen molar-refractivity contribution in [1.29, 1.82) is 0 Å². The Kier molecular flexibility index (Phi) is 5.64. The standard InChI is InChI=1S/C18H13Cl3N2OS/c1-10-5-6-15(14(21)7-10)23-16(24)8-11-9-25-18(22-11)17-12(19)3-2-4-13(17)20/h2-7,9H,8H2,1H3,(H,23,24). The van der Waals surface area contributed by atoms with Gasteiger partial charge in [-0.05, 0) is 36.8 Å². The molecule has 3 nitrogen and oxygen atoms in total. The fraction of sp³-hybridized carbons (Fsp3) is 0.111. The fourth-order valence-electron chi connectivity index (χ4n) is 2.29. The van der Waals surface area contributed by atoms with Gasteiger partial charge in [0.2, 0.25) is 5.91 Å². The summed E-state index contributed by atoms with van der Waals surface area (Å²) >= 11 is 19.9. The second kappa shape index (κ2) is 7.75. The second-order valence-corrected chi connectivity index (χ2v) is 7.53. The van der Waals surface area contributed by atoms with E-state index in [2.05, 4.69) is 10.3 Å². The lowest BCUT2D eigenvalue weighted by molar-refractivity contribution is -0.115. The summed E-state index contributed by atoms with van der Waals surface area (Å²) in [6, 6.07) is 10.8. The number of nitrogens with one attached hydrogen (secondary N) is 1. The van der Waals surface area contributed by atoms with Crippen LogP contribution in [0.4, 0.5) is 5.69 Å². The molecule has 3 aromatic rings. The van der Waals surface area contributed by atoms with Crippen molar-refractivity contribution < 1.29 is 4.79 Å². The van der Waals surface area contributed by atoms with Gasteiger partial charge in [0, 0.05) is 10.9 Å². The second-order valence-electron chi connectivity index (χ2n) is 5.45. The van der Waals surface area contributed by atoms with Crippen LogP contribution in [-0.4, -0.2) is 10.9 Å². The van der Waals surface area contributed by atoms with E-state index in [0.717, 1.165) is 5.56 Å². The summed E-state index contributed by atoms with van der Waals surface area (Å²) < 4.78 is 0. The molecule has 0 aliphatic heterocycles. The molecule has 0 saturated carbocycles. The molecule has 1 aromatic heterocycles. The summed E-state index contributed by atoms with van der Waals surface area (Å²) in [5.74, 6) is -0.187. The van der Waals surface area contributed by atoms with Crippen molar-refractivity contribution in [3.05, 3.63) is 68.1 Å². The van der Waals surface area contributed by atoms with Crippen molar-refractivity contribution >= 4 is 57.7 Å². The highest BCUT2D eigenvalue weighted by atomic mass is 35.5. The van der Waals surface area contributed by atoms with Crippen LogP contribution in [0.1, 0.15) is 11.3 Å². The molecule has 0 spiro atoms. The highest BCUT2D eigenvalue weighted by Gasteiger charge is 2.14. The molecular formula is C18H13Cl3N2OS. The Labute approximate surface area is 164 Å². The van der Waals surface area contributed by atoms with Gasteiger partial charge in [-0.15, -0.1) is 11.3 Å². The quantitative estimate of drug-likeness (QED) is 0.550. The average Bonchev–Trinajstić information content (AvgIpc) is 2.98. The van der Waals surface area contributed by atoms with Gasteiger partial charge in [0.1, 0.15) is 5.01 Å². The molecule has 0 aliphatic carbocycles. The minimum absolute atomic E-state index is 0.142. The number of carbonyl (C=O) groups is 1. The summed E-state index contributed by atoms with van der Waals surface area (Å²) in [4.78, 5) is 16.7. The molecule has 0 saturated heterocycles. The van der Waals surface area contributed by atoms with Crippen molar-refractivity contribution in [2.45, 2.75) is 13.3 Å². The number of hydrogen-bond acceptors (Lipinski definition) is 3. The molecule has 128 valence electrons. The van der Waals surface area contributed by atoms with Crippen LogP contribution in [0.25, 0.3) is 10.6 Å². The summed E-state index contributed by atoms with van der Waals surface area (Å²) in [6.07, 6.45) is 0.142. The normalized spacial score (nSPS) is 10.7. The Morgan fingerprint density at radius 3 is 2.52 bits per heavy atom. The van der Waals surface area contributed by atoms with Gasteiger partial charge in [-0.1, -0.05) is 46.9 Å². The number of halogens is 3. The highest BCUT2D eigenvalue weighted by Crippen LogP contribution is 2.36. The van der Waals surface area contributed by atoms with Crippen LogP contribution >= 0.6 is 46.1 Å². The average molecular weight is 412 g/mol. The molecule has 1 N–H and O–H groups in total. The zero-order valence-corrected chi connectivity index (χ0v) is 16.2. The molecule has 0 fully saturated rings. The van der Waals surface area contributed by atoms with Crippen LogP contribution < -0.4 is 5.32 Å². The van der Waals surface area contributed by atoms with Crippen LogP contribution in [-0.2, 0) is 11.2 Å². The smallest absolute Gasteiger partial charge is 0.230 e. The molecule has 2 aromatic carbocycles. The lowest BCUT2D eigenvalue weighted by atomic mass is 10.2. The van der Waals surface area contributed by atoms with E-state index in [1.54, 1.807) is 30.3 Å². The number of hydrogen-bond donors (Lipinski definition) is 1. The minimum Gasteiger partial charge on any atom is -0.324 e. The number of amides is 1. The van der Waals surface area contributed by atoms with E-state index in [1.807, 2.05) is 18.4 Å². The monoisotopic (exact) mass is 410 g/mol. The van der Waals surface area contributed by atoms with Gasteiger partial charge >= 0.3 is 0 Å². The number of aryl methyl sites for hydroxylation is 1. The lowest BCUT2D eigenvalue weighted by Crippen LogP contribution is -2.14. The molecule has 3 rings (SSSR count). The van der Waals surface area contributed by atoms with E-state index in [-0.39, 0.29) is 12.3 Å². The first-order valence-electron chi connectivity index (χ1n) is 7.39. The largest absolute Gasteiger partial charge is 0.324 e. The molecule has 0 aliphatic rings. The van der Waals surface area contributed by atoms with Gasteiger partial charge < -0.3 is 5.32 Å². The lowest BCUT2D eigenvalue weighted by Gasteiger charge is -2.07. The van der Waals surface area contributed by atoms with Gasteiger partial charge in [-0.3, -0.25) is 4.79 Å². The molecule has 0 unspecified atom stereocenters. The first-order valence-corrected chi connectivity index (χ1v) is 9.40. The maximum Gasteiger partial charge on any atom is 0.230 e. The summed E-state index contributed by atoms with van der Waals surface area (Å²) in [7, 11) is 0. The van der Waals surface area contributed by atoms with Crippen molar-refractivity contribution in [3.63, 3.8) is 0 Å². The Morgan fingerprint density at radius 2 is 1.84 bits per heavy atom. The first-order chi connectivity index (χ1) is 11.9. The van der Waals surface area contributed by atoms with Crippen LogP contribution in [0.3, 0.4) is 0 Å². The van der Waals surface area contributed by atoms with Gasteiger partial charge in [0.15, 0.2) is 0 Å². The van der Waals surface area contributed by atoms with Gasteiger partial charge in [0.05, 0.1) is 32.9 Å².